The lowest BCUT2D eigenvalue weighted by molar-refractivity contribution is 0.110. The van der Waals surface area contributed by atoms with Gasteiger partial charge in [-0.2, -0.15) is 5.10 Å². The average molecular weight is 441 g/mol. The van der Waals surface area contributed by atoms with E-state index in [4.69, 9.17) is 0 Å². The molecule has 1 saturated heterocycles. The summed E-state index contributed by atoms with van der Waals surface area (Å²) in [4.78, 5) is 2.66. The minimum absolute atomic E-state index is 0.230. The summed E-state index contributed by atoms with van der Waals surface area (Å²) in [6.07, 6.45) is 3.13. The van der Waals surface area contributed by atoms with Gasteiger partial charge in [-0.15, -0.1) is 0 Å². The highest BCUT2D eigenvalue weighted by Gasteiger charge is 2.30. The lowest BCUT2D eigenvalue weighted by atomic mass is 9.96. The average Bonchev–Trinajstić information content (AvgIpc) is 3.15. The highest BCUT2D eigenvalue weighted by molar-refractivity contribution is 7.97. The first kappa shape index (κ1) is 22.3. The molecule has 1 aliphatic rings. The molecule has 0 bridgehead atoms. The summed E-state index contributed by atoms with van der Waals surface area (Å²) in [5, 5.41) is 5.74. The van der Waals surface area contributed by atoms with E-state index in [0.29, 0.717) is 12.0 Å². The van der Waals surface area contributed by atoms with Crippen LogP contribution in [0.3, 0.4) is 0 Å². The van der Waals surface area contributed by atoms with Crippen molar-refractivity contribution in [3.05, 3.63) is 59.5 Å². The number of piperazine rings is 1. The summed E-state index contributed by atoms with van der Waals surface area (Å²) in [5.41, 5.74) is 4.63. The molecule has 0 amide bonds. The fraction of sp³-hybridized carbons (Fsp3) is 0.480. The molecule has 1 aliphatic heterocycles. The van der Waals surface area contributed by atoms with Crippen LogP contribution in [0.25, 0.3) is 16.6 Å². The van der Waals surface area contributed by atoms with Crippen molar-refractivity contribution in [2.45, 2.75) is 40.2 Å². The van der Waals surface area contributed by atoms with Crippen LogP contribution in [0.4, 0.5) is 4.39 Å². The van der Waals surface area contributed by atoms with E-state index in [1.807, 2.05) is 22.8 Å². The molecule has 6 heteroatoms. The summed E-state index contributed by atoms with van der Waals surface area (Å²) in [6, 6.07) is 11.5. The van der Waals surface area contributed by atoms with Crippen LogP contribution in [0.5, 0.6) is 0 Å². The smallest absolute Gasteiger partial charge is 0.123 e. The predicted molar refractivity (Wildman–Crippen MR) is 129 cm³/mol. The first-order valence-electron chi connectivity index (χ1n) is 11.3. The van der Waals surface area contributed by atoms with Crippen LogP contribution in [0.2, 0.25) is 0 Å². The van der Waals surface area contributed by atoms with E-state index in [1.165, 1.54) is 35.4 Å². The molecule has 2 heterocycles. The van der Waals surface area contributed by atoms with E-state index in [2.05, 4.69) is 54.1 Å². The van der Waals surface area contributed by atoms with E-state index in [1.54, 1.807) is 12.1 Å². The zero-order valence-electron chi connectivity index (χ0n) is 19.0. The monoisotopic (exact) mass is 440 g/mol. The highest BCUT2D eigenvalue weighted by atomic mass is 32.2. The third kappa shape index (κ3) is 4.97. The van der Waals surface area contributed by atoms with Gasteiger partial charge in [0, 0.05) is 43.4 Å². The van der Waals surface area contributed by atoms with Crippen molar-refractivity contribution < 1.29 is 4.39 Å². The predicted octanol–water partition coefficient (Wildman–Crippen LogP) is 5.85. The second kappa shape index (κ2) is 9.72. The Kier molecular flexibility index (Phi) is 6.99. The zero-order valence-corrected chi connectivity index (χ0v) is 19.8. The van der Waals surface area contributed by atoms with Crippen molar-refractivity contribution in [1.82, 2.24) is 19.0 Å². The SMILES string of the molecule is CCCSN1CCN(CC(C)C)C(c2cc3cnn(-c4ccc(F)cc4)c3cc2C)C1. The Labute approximate surface area is 189 Å². The molecule has 1 aromatic heterocycles. The Morgan fingerprint density at radius 1 is 1.16 bits per heavy atom. The molecule has 2 aromatic carbocycles. The maximum absolute atomic E-state index is 13.4. The van der Waals surface area contributed by atoms with Gasteiger partial charge in [0.15, 0.2) is 0 Å². The van der Waals surface area contributed by atoms with Gasteiger partial charge in [-0.25, -0.2) is 13.4 Å². The van der Waals surface area contributed by atoms with E-state index < -0.39 is 0 Å². The minimum Gasteiger partial charge on any atom is -0.293 e. The molecule has 1 atom stereocenters. The fourth-order valence-electron chi connectivity index (χ4n) is 4.46. The van der Waals surface area contributed by atoms with Gasteiger partial charge in [-0.1, -0.05) is 32.7 Å². The molecule has 0 radical (unpaired) electrons. The molecular weight excluding hydrogens is 407 g/mol. The maximum atomic E-state index is 13.4. The molecule has 1 fully saturated rings. The molecule has 4 nitrogen and oxygen atoms in total. The van der Waals surface area contributed by atoms with Gasteiger partial charge in [-0.05, 0) is 66.8 Å². The first-order valence-corrected chi connectivity index (χ1v) is 12.3. The van der Waals surface area contributed by atoms with Crippen LogP contribution in [0.1, 0.15) is 44.4 Å². The largest absolute Gasteiger partial charge is 0.293 e. The van der Waals surface area contributed by atoms with Crippen LogP contribution in [0, 0.1) is 18.7 Å². The summed E-state index contributed by atoms with van der Waals surface area (Å²) in [5.74, 6) is 1.59. The van der Waals surface area contributed by atoms with Crippen molar-refractivity contribution in [3.63, 3.8) is 0 Å². The molecule has 4 rings (SSSR count). The second-order valence-corrected chi connectivity index (χ2v) is 10.1. The van der Waals surface area contributed by atoms with Gasteiger partial charge in [0.05, 0.1) is 17.4 Å². The highest BCUT2D eigenvalue weighted by Crippen LogP contribution is 2.34. The lowest BCUT2D eigenvalue weighted by Crippen LogP contribution is -2.47. The molecule has 0 aliphatic carbocycles. The Bertz CT molecular complexity index is 1010. The van der Waals surface area contributed by atoms with E-state index in [0.717, 1.165) is 42.8 Å². The third-order valence-electron chi connectivity index (χ3n) is 5.92. The number of nitrogens with zero attached hydrogens (tertiary/aromatic N) is 4. The van der Waals surface area contributed by atoms with E-state index in [9.17, 15) is 4.39 Å². The number of benzene rings is 2. The topological polar surface area (TPSA) is 24.3 Å². The summed E-state index contributed by atoms with van der Waals surface area (Å²) in [7, 11) is 0. The van der Waals surface area contributed by atoms with Crippen LogP contribution in [-0.2, 0) is 0 Å². The minimum atomic E-state index is -0.230. The third-order valence-corrected chi connectivity index (χ3v) is 7.21. The van der Waals surface area contributed by atoms with Crippen LogP contribution in [-0.4, -0.2) is 50.9 Å². The number of aromatic nitrogens is 2. The van der Waals surface area contributed by atoms with E-state index >= 15 is 0 Å². The summed E-state index contributed by atoms with van der Waals surface area (Å²) < 4.78 is 17.8. The number of hydrogen-bond donors (Lipinski definition) is 0. The number of halogens is 1. The standard InChI is InChI=1S/C25H33FN4S/c1-5-12-31-29-11-10-28(16-18(2)3)25(17-29)23-14-20-15-27-30(24(20)13-19(23)4)22-8-6-21(26)7-9-22/h6-9,13-15,18,25H,5,10-12,16-17H2,1-4H3. The van der Waals surface area contributed by atoms with Crippen molar-refractivity contribution in [1.29, 1.82) is 0 Å². The van der Waals surface area contributed by atoms with Crippen molar-refractivity contribution >= 4 is 22.9 Å². The van der Waals surface area contributed by atoms with Gasteiger partial charge < -0.3 is 0 Å². The van der Waals surface area contributed by atoms with Crippen molar-refractivity contribution in [3.8, 4) is 5.69 Å². The Balaban J connectivity index is 1.68. The second-order valence-electron chi connectivity index (χ2n) is 8.93. The summed E-state index contributed by atoms with van der Waals surface area (Å²) in [6.45, 7) is 13.5. The Morgan fingerprint density at radius 3 is 2.65 bits per heavy atom. The Hall–Kier alpha value is -1.89. The molecule has 0 spiro atoms. The van der Waals surface area contributed by atoms with Crippen LogP contribution in [0.15, 0.2) is 42.6 Å². The van der Waals surface area contributed by atoms with Gasteiger partial charge in [0.1, 0.15) is 5.82 Å². The fourth-order valence-corrected chi connectivity index (χ4v) is 5.36. The lowest BCUT2D eigenvalue weighted by Gasteiger charge is -2.42. The molecular formula is C25H33FN4S. The van der Waals surface area contributed by atoms with Crippen LogP contribution >= 0.6 is 11.9 Å². The zero-order chi connectivity index (χ0) is 22.0. The van der Waals surface area contributed by atoms with Crippen molar-refractivity contribution in [2.75, 3.05) is 31.9 Å². The van der Waals surface area contributed by atoms with Gasteiger partial charge in [0.25, 0.3) is 0 Å². The normalized spacial score (nSPS) is 18.3. The molecule has 0 N–H and O–H groups in total. The number of rotatable bonds is 7. The Morgan fingerprint density at radius 2 is 1.94 bits per heavy atom. The number of hydrogen-bond acceptors (Lipinski definition) is 4. The number of fused-ring (bicyclic) bond motifs is 1. The van der Waals surface area contributed by atoms with Gasteiger partial charge in [0.2, 0.25) is 0 Å². The van der Waals surface area contributed by atoms with Gasteiger partial charge in [-0.3, -0.25) is 4.90 Å². The summed E-state index contributed by atoms with van der Waals surface area (Å²) >= 11 is 1.99. The molecule has 1 unspecified atom stereocenters. The number of aryl methyl sites for hydroxylation is 1. The molecule has 31 heavy (non-hydrogen) atoms. The van der Waals surface area contributed by atoms with Crippen molar-refractivity contribution in [2.24, 2.45) is 5.92 Å². The molecule has 3 aromatic rings. The maximum Gasteiger partial charge on any atom is 0.123 e. The first-order chi connectivity index (χ1) is 15.0. The molecule has 0 saturated carbocycles. The quantitative estimate of drug-likeness (QED) is 0.431. The van der Waals surface area contributed by atoms with E-state index in [-0.39, 0.29) is 5.82 Å². The molecule has 166 valence electrons. The van der Waals surface area contributed by atoms with Crippen LogP contribution < -0.4 is 0 Å². The van der Waals surface area contributed by atoms with Gasteiger partial charge >= 0.3 is 0 Å².